The average Bonchev–Trinajstić information content (AvgIpc) is 2.40. The Labute approximate surface area is 128 Å². The van der Waals surface area contributed by atoms with Gasteiger partial charge in [-0.3, -0.25) is 4.90 Å². The Bertz CT molecular complexity index is 430. The molecule has 1 aliphatic rings. The maximum absolute atomic E-state index is 6.07. The Hall–Kier alpha value is -0.130. The fraction of sp³-hybridized carbons (Fsp3) is 0.571. The van der Waals surface area contributed by atoms with Crippen LogP contribution in [0.25, 0.3) is 0 Å². The molecule has 2 rings (SSSR count). The third-order valence-corrected chi connectivity index (χ3v) is 4.70. The summed E-state index contributed by atoms with van der Waals surface area (Å²) in [7, 11) is 2.15. The lowest BCUT2D eigenvalue weighted by molar-refractivity contribution is -0.0611. The fourth-order valence-corrected chi connectivity index (χ4v) is 3.00. The van der Waals surface area contributed by atoms with Gasteiger partial charge in [0.2, 0.25) is 0 Å². The summed E-state index contributed by atoms with van der Waals surface area (Å²) >= 11 is 9.57. The monoisotopic (exact) mass is 346 g/mol. The van der Waals surface area contributed by atoms with Crippen LogP contribution >= 0.6 is 27.5 Å². The van der Waals surface area contributed by atoms with Gasteiger partial charge in [-0.05, 0) is 47.2 Å². The minimum absolute atomic E-state index is 0.173. The van der Waals surface area contributed by atoms with Gasteiger partial charge in [-0.2, -0.15) is 0 Å². The first-order valence-electron chi connectivity index (χ1n) is 6.61. The Kier molecular flexibility index (Phi) is 5.66. The molecule has 2 unspecified atom stereocenters. The number of halogens is 2. The molecule has 1 aliphatic heterocycles. The highest BCUT2D eigenvalue weighted by atomic mass is 79.9. The van der Waals surface area contributed by atoms with E-state index in [-0.39, 0.29) is 12.1 Å². The molecule has 1 fully saturated rings. The van der Waals surface area contributed by atoms with Gasteiger partial charge in [-0.1, -0.05) is 24.6 Å². The van der Waals surface area contributed by atoms with Gasteiger partial charge in [-0.15, -0.1) is 0 Å². The smallest absolute Gasteiger partial charge is 0.0896 e. The number of nitrogens with one attached hydrogen (secondary N) is 1. The molecule has 1 N–H and O–H groups in total. The van der Waals surface area contributed by atoms with Crippen LogP contribution in [0.3, 0.4) is 0 Å². The van der Waals surface area contributed by atoms with Crippen LogP contribution in [0.15, 0.2) is 22.7 Å². The lowest BCUT2D eigenvalue weighted by atomic mass is 9.98. The number of rotatable bonds is 4. The van der Waals surface area contributed by atoms with E-state index in [4.69, 9.17) is 16.3 Å². The largest absolute Gasteiger partial charge is 0.374 e. The standard InChI is InChI=1S/C14H20BrClN2O/c1-3-17-9-13-14(18(2)6-7-19-13)10-4-5-12(16)11(15)8-10/h4-5,8,13-14,17H,3,6-7,9H2,1-2H3. The van der Waals surface area contributed by atoms with Crippen molar-refractivity contribution in [2.24, 2.45) is 0 Å². The number of hydrogen-bond acceptors (Lipinski definition) is 3. The fourth-order valence-electron chi connectivity index (χ4n) is 2.48. The molecule has 1 aromatic carbocycles. The van der Waals surface area contributed by atoms with Crippen molar-refractivity contribution in [2.75, 3.05) is 33.3 Å². The van der Waals surface area contributed by atoms with Crippen molar-refractivity contribution >= 4 is 27.5 Å². The van der Waals surface area contributed by atoms with Crippen LogP contribution in [0.4, 0.5) is 0 Å². The van der Waals surface area contributed by atoms with Crippen LogP contribution in [0, 0.1) is 0 Å². The lowest BCUT2D eigenvalue weighted by Crippen LogP contribution is -2.47. The van der Waals surface area contributed by atoms with Crippen molar-refractivity contribution in [1.29, 1.82) is 0 Å². The molecule has 1 aromatic rings. The van der Waals surface area contributed by atoms with Crippen LogP contribution in [-0.4, -0.2) is 44.3 Å². The summed E-state index contributed by atoms with van der Waals surface area (Å²) in [6.07, 6.45) is 0.173. The highest BCUT2D eigenvalue weighted by Gasteiger charge is 2.31. The third-order valence-electron chi connectivity index (χ3n) is 3.48. The zero-order valence-corrected chi connectivity index (χ0v) is 13.7. The van der Waals surface area contributed by atoms with E-state index < -0.39 is 0 Å². The van der Waals surface area contributed by atoms with Gasteiger partial charge in [0, 0.05) is 17.6 Å². The van der Waals surface area contributed by atoms with E-state index >= 15 is 0 Å². The zero-order chi connectivity index (χ0) is 13.8. The number of likely N-dealkylation sites (N-methyl/N-ethyl adjacent to an activating group) is 2. The third kappa shape index (κ3) is 3.70. The summed E-state index contributed by atoms with van der Waals surface area (Å²) in [6, 6.07) is 6.38. The van der Waals surface area contributed by atoms with Crippen molar-refractivity contribution in [3.8, 4) is 0 Å². The first-order valence-corrected chi connectivity index (χ1v) is 7.78. The van der Waals surface area contributed by atoms with Gasteiger partial charge in [0.15, 0.2) is 0 Å². The second kappa shape index (κ2) is 7.04. The Morgan fingerprint density at radius 3 is 3.00 bits per heavy atom. The van der Waals surface area contributed by atoms with E-state index in [9.17, 15) is 0 Å². The maximum Gasteiger partial charge on any atom is 0.0896 e. The molecule has 0 bridgehead atoms. The molecule has 1 heterocycles. The maximum atomic E-state index is 6.07. The number of nitrogens with zero attached hydrogens (tertiary/aromatic N) is 1. The summed E-state index contributed by atoms with van der Waals surface area (Å²) in [6.45, 7) is 5.68. The Balaban J connectivity index is 2.22. The van der Waals surface area contributed by atoms with Crippen molar-refractivity contribution in [1.82, 2.24) is 10.2 Å². The summed E-state index contributed by atoms with van der Waals surface area (Å²) < 4.78 is 6.87. The first-order chi connectivity index (χ1) is 9.13. The molecular weight excluding hydrogens is 328 g/mol. The Morgan fingerprint density at radius 2 is 2.32 bits per heavy atom. The predicted octanol–water partition coefficient (Wildman–Crippen LogP) is 3.08. The van der Waals surface area contributed by atoms with E-state index in [1.807, 2.05) is 6.07 Å². The van der Waals surface area contributed by atoms with Crippen molar-refractivity contribution in [3.63, 3.8) is 0 Å². The molecule has 0 radical (unpaired) electrons. The van der Waals surface area contributed by atoms with Gasteiger partial charge >= 0.3 is 0 Å². The highest BCUT2D eigenvalue weighted by Crippen LogP contribution is 2.32. The van der Waals surface area contributed by atoms with Crippen LogP contribution in [-0.2, 0) is 4.74 Å². The van der Waals surface area contributed by atoms with Crippen molar-refractivity contribution in [3.05, 3.63) is 33.3 Å². The SMILES string of the molecule is CCNCC1OCCN(C)C1c1ccc(Cl)c(Br)c1. The summed E-state index contributed by atoms with van der Waals surface area (Å²) in [4.78, 5) is 2.35. The molecule has 0 amide bonds. The van der Waals surface area contributed by atoms with Crippen molar-refractivity contribution < 1.29 is 4.74 Å². The second-order valence-corrected chi connectivity index (χ2v) is 6.08. The molecule has 0 spiro atoms. The van der Waals surface area contributed by atoms with E-state index in [2.05, 4.69) is 52.3 Å². The average molecular weight is 348 g/mol. The van der Waals surface area contributed by atoms with Crippen LogP contribution in [0.2, 0.25) is 5.02 Å². The molecule has 2 atom stereocenters. The molecule has 0 aliphatic carbocycles. The number of morpholine rings is 1. The molecule has 5 heteroatoms. The second-order valence-electron chi connectivity index (χ2n) is 4.82. The van der Waals surface area contributed by atoms with E-state index in [1.54, 1.807) is 0 Å². The summed E-state index contributed by atoms with van der Waals surface area (Å²) in [5.41, 5.74) is 1.24. The van der Waals surface area contributed by atoms with Crippen LogP contribution < -0.4 is 5.32 Å². The zero-order valence-electron chi connectivity index (χ0n) is 11.3. The molecule has 0 aromatic heterocycles. The van der Waals surface area contributed by atoms with Crippen LogP contribution in [0.1, 0.15) is 18.5 Å². The number of ether oxygens (including phenoxy) is 1. The quantitative estimate of drug-likeness (QED) is 0.906. The number of hydrogen-bond donors (Lipinski definition) is 1. The minimum Gasteiger partial charge on any atom is -0.374 e. The predicted molar refractivity (Wildman–Crippen MR) is 82.8 cm³/mol. The van der Waals surface area contributed by atoms with Gasteiger partial charge < -0.3 is 10.1 Å². The molecular formula is C14H20BrClN2O. The summed E-state index contributed by atoms with van der Waals surface area (Å²) in [5, 5.41) is 4.12. The first kappa shape index (κ1) is 15.3. The number of benzene rings is 1. The normalized spacial score (nSPS) is 24.6. The molecule has 3 nitrogen and oxygen atoms in total. The highest BCUT2D eigenvalue weighted by molar-refractivity contribution is 9.10. The van der Waals surface area contributed by atoms with Crippen LogP contribution in [0.5, 0.6) is 0 Å². The van der Waals surface area contributed by atoms with E-state index in [1.165, 1.54) is 5.56 Å². The van der Waals surface area contributed by atoms with E-state index in [0.717, 1.165) is 35.7 Å². The van der Waals surface area contributed by atoms with Crippen molar-refractivity contribution in [2.45, 2.75) is 19.1 Å². The Morgan fingerprint density at radius 1 is 1.53 bits per heavy atom. The summed E-state index contributed by atoms with van der Waals surface area (Å²) in [5.74, 6) is 0. The van der Waals surface area contributed by atoms with Gasteiger partial charge in [0.25, 0.3) is 0 Å². The molecule has 106 valence electrons. The lowest BCUT2D eigenvalue weighted by Gasteiger charge is -2.39. The topological polar surface area (TPSA) is 24.5 Å². The molecule has 0 saturated carbocycles. The van der Waals surface area contributed by atoms with Gasteiger partial charge in [-0.25, -0.2) is 0 Å². The minimum atomic E-state index is 0.173. The molecule has 1 saturated heterocycles. The molecule has 19 heavy (non-hydrogen) atoms. The van der Waals surface area contributed by atoms with Gasteiger partial charge in [0.05, 0.1) is 23.8 Å². The van der Waals surface area contributed by atoms with Gasteiger partial charge in [0.1, 0.15) is 0 Å². The van der Waals surface area contributed by atoms with E-state index in [0.29, 0.717) is 0 Å².